The van der Waals surface area contributed by atoms with Crippen LogP contribution in [0.3, 0.4) is 0 Å². The van der Waals surface area contributed by atoms with E-state index in [1.807, 2.05) is 80.6 Å². The first-order chi connectivity index (χ1) is 15.0. The number of rotatable bonds is 6. The lowest BCUT2D eigenvalue weighted by atomic mass is 10.00. The number of tetrazole rings is 1. The minimum absolute atomic E-state index is 0.270. The lowest BCUT2D eigenvalue weighted by Gasteiger charge is -2.16. The maximum atomic E-state index is 12.3. The summed E-state index contributed by atoms with van der Waals surface area (Å²) in [5.74, 6) is 0.713. The third-order valence-corrected chi connectivity index (χ3v) is 5.34. The summed E-state index contributed by atoms with van der Waals surface area (Å²) in [6.07, 6.45) is -0.694. The van der Waals surface area contributed by atoms with Gasteiger partial charge in [0, 0.05) is 12.6 Å². The van der Waals surface area contributed by atoms with Gasteiger partial charge in [-0.2, -0.15) is 9.36 Å². The first-order valence-corrected chi connectivity index (χ1v) is 10.00. The van der Waals surface area contributed by atoms with Crippen molar-refractivity contribution in [3.8, 4) is 11.4 Å². The second-order valence-electron chi connectivity index (χ2n) is 7.50. The summed E-state index contributed by atoms with van der Waals surface area (Å²) in [6.45, 7) is 4.19. The fraction of sp³-hybridized carbons (Fsp3) is 0.208. The number of aromatic nitrogens is 4. The lowest BCUT2D eigenvalue weighted by Crippen LogP contribution is -2.23. The molecule has 1 atom stereocenters. The number of hydrogen-bond acceptors (Lipinski definition) is 5. The molecule has 1 N–H and O–H groups in total. The van der Waals surface area contributed by atoms with E-state index in [1.54, 1.807) is 7.05 Å². The normalized spacial score (nSPS) is 12.0. The topological polar surface area (TPSA) is 82.2 Å². The fourth-order valence-electron chi connectivity index (χ4n) is 3.52. The zero-order valence-corrected chi connectivity index (χ0v) is 17.7. The number of hydrogen-bond donors (Lipinski definition) is 1. The summed E-state index contributed by atoms with van der Waals surface area (Å²) >= 11 is 0. The molecule has 0 fully saturated rings. The highest BCUT2D eigenvalue weighted by Gasteiger charge is 2.15. The third-order valence-electron chi connectivity index (χ3n) is 5.34. The molecule has 31 heavy (non-hydrogen) atoms. The van der Waals surface area contributed by atoms with E-state index in [1.165, 1.54) is 9.36 Å². The molecule has 4 aromatic rings. The van der Waals surface area contributed by atoms with Crippen LogP contribution in [-0.4, -0.2) is 24.9 Å². The Hall–Kier alpha value is -3.71. The Labute approximate surface area is 180 Å². The highest BCUT2D eigenvalue weighted by molar-refractivity contribution is 5.45. The molecule has 0 aliphatic rings. The number of aryl methyl sites for hydroxylation is 3. The van der Waals surface area contributed by atoms with Crippen LogP contribution in [0.5, 0.6) is 5.75 Å². The number of benzene rings is 3. The molecule has 3 aromatic carbocycles. The number of nitrogens with zero attached hydrogens (tertiary/aromatic N) is 4. The molecule has 0 radical (unpaired) electrons. The van der Waals surface area contributed by atoms with E-state index < -0.39 is 6.10 Å². The highest BCUT2D eigenvalue weighted by Crippen LogP contribution is 2.28. The number of aliphatic hydroxyl groups is 1. The SMILES string of the molecule is Cc1cc(C(O)c2ccccc2)ccc1OCc1c(C)cccc1-n1nnn(C)c1=O. The smallest absolute Gasteiger partial charge is 0.368 e. The van der Waals surface area contributed by atoms with E-state index >= 15 is 0 Å². The fourth-order valence-corrected chi connectivity index (χ4v) is 3.52. The van der Waals surface area contributed by atoms with Crippen LogP contribution in [-0.2, 0) is 13.7 Å². The van der Waals surface area contributed by atoms with Crippen LogP contribution in [0, 0.1) is 13.8 Å². The maximum absolute atomic E-state index is 12.3. The highest BCUT2D eigenvalue weighted by atomic mass is 16.5. The van der Waals surface area contributed by atoms with Gasteiger partial charge in [-0.1, -0.05) is 48.5 Å². The molecule has 1 unspecified atom stereocenters. The van der Waals surface area contributed by atoms with Crippen LogP contribution in [0.2, 0.25) is 0 Å². The molecule has 0 amide bonds. The maximum Gasteiger partial charge on any atom is 0.368 e. The monoisotopic (exact) mass is 416 g/mol. The van der Waals surface area contributed by atoms with E-state index in [9.17, 15) is 9.90 Å². The molecule has 1 heterocycles. The largest absolute Gasteiger partial charge is 0.489 e. The third kappa shape index (κ3) is 4.13. The molecule has 1 aromatic heterocycles. The van der Waals surface area contributed by atoms with E-state index in [0.717, 1.165) is 27.8 Å². The molecular formula is C24H24N4O3. The molecule has 158 valence electrons. The van der Waals surface area contributed by atoms with Crippen LogP contribution in [0.4, 0.5) is 0 Å². The van der Waals surface area contributed by atoms with Crippen LogP contribution in [0.1, 0.15) is 33.9 Å². The van der Waals surface area contributed by atoms with Crippen molar-refractivity contribution in [2.24, 2.45) is 7.05 Å². The van der Waals surface area contributed by atoms with Crippen LogP contribution in [0.15, 0.2) is 71.5 Å². The first-order valence-electron chi connectivity index (χ1n) is 10.00. The number of ether oxygens (including phenoxy) is 1. The quantitative estimate of drug-likeness (QED) is 0.522. The average Bonchev–Trinajstić information content (AvgIpc) is 3.11. The van der Waals surface area contributed by atoms with Crippen LogP contribution in [0.25, 0.3) is 5.69 Å². The van der Waals surface area contributed by atoms with Crippen molar-refractivity contribution in [1.82, 2.24) is 19.8 Å². The summed E-state index contributed by atoms with van der Waals surface area (Å²) in [4.78, 5) is 12.3. The molecule has 4 rings (SSSR count). The van der Waals surface area contributed by atoms with Gasteiger partial charge in [0.15, 0.2) is 0 Å². The zero-order chi connectivity index (χ0) is 22.0. The second-order valence-corrected chi connectivity index (χ2v) is 7.50. The van der Waals surface area contributed by atoms with Gasteiger partial charge >= 0.3 is 5.69 Å². The Morgan fingerprint density at radius 3 is 2.39 bits per heavy atom. The van der Waals surface area contributed by atoms with Crippen LogP contribution < -0.4 is 10.4 Å². The standard InChI is InChI=1S/C24H24N4O3/c1-16-8-7-11-21(28-24(30)27(3)25-26-28)20(16)15-31-22-13-12-19(14-17(22)2)23(29)18-9-5-4-6-10-18/h4-14,23,29H,15H2,1-3H3. The Balaban J connectivity index is 1.58. The van der Waals surface area contributed by atoms with Gasteiger partial charge in [0.05, 0.1) is 5.69 Å². The van der Waals surface area contributed by atoms with Gasteiger partial charge in [-0.25, -0.2) is 4.79 Å². The van der Waals surface area contributed by atoms with Gasteiger partial charge in [0.25, 0.3) is 0 Å². The minimum Gasteiger partial charge on any atom is -0.489 e. The predicted octanol–water partition coefficient (Wildman–Crippen LogP) is 3.24. The molecule has 7 nitrogen and oxygen atoms in total. The van der Waals surface area contributed by atoms with Crippen molar-refractivity contribution < 1.29 is 9.84 Å². The van der Waals surface area contributed by atoms with Crippen molar-refractivity contribution in [1.29, 1.82) is 0 Å². The molecule has 0 spiro atoms. The van der Waals surface area contributed by atoms with Gasteiger partial charge in [-0.15, -0.1) is 0 Å². The molecule has 0 aliphatic carbocycles. The van der Waals surface area contributed by atoms with Crippen molar-refractivity contribution in [3.05, 3.63) is 105 Å². The van der Waals surface area contributed by atoms with Gasteiger partial charge < -0.3 is 9.84 Å². The molecule has 0 saturated carbocycles. The molecule has 0 bridgehead atoms. The average molecular weight is 416 g/mol. The molecular weight excluding hydrogens is 392 g/mol. The summed E-state index contributed by atoms with van der Waals surface area (Å²) in [5, 5.41) is 18.4. The van der Waals surface area contributed by atoms with Gasteiger partial charge in [0.2, 0.25) is 0 Å². The van der Waals surface area contributed by atoms with E-state index in [-0.39, 0.29) is 12.3 Å². The van der Waals surface area contributed by atoms with E-state index in [2.05, 4.69) is 10.4 Å². The summed E-state index contributed by atoms with van der Waals surface area (Å²) in [5.41, 5.74) is 4.74. The lowest BCUT2D eigenvalue weighted by molar-refractivity contribution is 0.220. The van der Waals surface area contributed by atoms with Gasteiger partial charge in [-0.3, -0.25) is 0 Å². The van der Waals surface area contributed by atoms with Gasteiger partial charge in [0.1, 0.15) is 18.5 Å². The molecule has 0 saturated heterocycles. The number of aliphatic hydroxyl groups excluding tert-OH is 1. The van der Waals surface area contributed by atoms with E-state index in [4.69, 9.17) is 4.74 Å². The van der Waals surface area contributed by atoms with Crippen molar-refractivity contribution >= 4 is 0 Å². The minimum atomic E-state index is -0.694. The summed E-state index contributed by atoms with van der Waals surface area (Å²) in [7, 11) is 1.56. The van der Waals surface area contributed by atoms with E-state index in [0.29, 0.717) is 11.4 Å². The van der Waals surface area contributed by atoms with Crippen LogP contribution >= 0.6 is 0 Å². The van der Waals surface area contributed by atoms with Crippen molar-refractivity contribution in [3.63, 3.8) is 0 Å². The molecule has 0 aliphatic heterocycles. The summed E-state index contributed by atoms with van der Waals surface area (Å²) < 4.78 is 8.56. The summed E-state index contributed by atoms with van der Waals surface area (Å²) in [6, 6.07) is 20.9. The Morgan fingerprint density at radius 2 is 1.71 bits per heavy atom. The van der Waals surface area contributed by atoms with Gasteiger partial charge in [-0.05, 0) is 64.7 Å². The molecule has 7 heteroatoms. The van der Waals surface area contributed by atoms with Crippen molar-refractivity contribution in [2.45, 2.75) is 26.6 Å². The first kappa shape index (κ1) is 20.6. The Kier molecular flexibility index (Phi) is 5.68. The Morgan fingerprint density at radius 1 is 0.935 bits per heavy atom. The predicted molar refractivity (Wildman–Crippen MR) is 117 cm³/mol. The second kappa shape index (κ2) is 8.57. The Bertz CT molecular complexity index is 1260. The van der Waals surface area contributed by atoms with Crippen molar-refractivity contribution in [2.75, 3.05) is 0 Å². The zero-order valence-electron chi connectivity index (χ0n) is 17.7.